The number of hydrogen-bond acceptors (Lipinski definition) is 4. The summed E-state index contributed by atoms with van der Waals surface area (Å²) < 4.78 is 29.2. The minimum atomic E-state index is -3.84. The van der Waals surface area contributed by atoms with Gasteiger partial charge in [-0.2, -0.15) is 0 Å². The summed E-state index contributed by atoms with van der Waals surface area (Å²) in [6.07, 6.45) is 0. The number of anilines is 3. The number of fused-ring (bicyclic) bond motifs is 1. The highest BCUT2D eigenvalue weighted by Crippen LogP contribution is 2.41. The van der Waals surface area contributed by atoms with E-state index < -0.39 is 10.0 Å². The van der Waals surface area contributed by atoms with Crippen LogP contribution in [0.1, 0.15) is 0 Å². The molecule has 1 aromatic heterocycles. The van der Waals surface area contributed by atoms with Gasteiger partial charge in [0.1, 0.15) is 5.82 Å². The van der Waals surface area contributed by atoms with Gasteiger partial charge in [-0.05, 0) is 35.9 Å². The molecule has 6 heteroatoms. The molecular weight excluding hydrogens is 430 g/mol. The highest BCUT2D eigenvalue weighted by atomic mass is 32.2. The number of para-hydroxylation sites is 2. The van der Waals surface area contributed by atoms with Crippen molar-refractivity contribution in [2.24, 2.45) is 0 Å². The van der Waals surface area contributed by atoms with Crippen molar-refractivity contribution in [2.45, 2.75) is 4.90 Å². The smallest absolute Gasteiger partial charge is 0.263 e. The van der Waals surface area contributed by atoms with Crippen LogP contribution in [0.25, 0.3) is 22.0 Å². The van der Waals surface area contributed by atoms with Crippen LogP contribution in [0.2, 0.25) is 0 Å². The van der Waals surface area contributed by atoms with Crippen molar-refractivity contribution in [3.05, 3.63) is 115 Å². The molecule has 0 fully saturated rings. The van der Waals surface area contributed by atoms with Crippen molar-refractivity contribution in [2.75, 3.05) is 10.0 Å². The van der Waals surface area contributed by atoms with Gasteiger partial charge in [0.15, 0.2) is 0 Å². The Labute approximate surface area is 192 Å². The Morgan fingerprint density at radius 1 is 0.636 bits per heavy atom. The molecule has 0 atom stereocenters. The van der Waals surface area contributed by atoms with E-state index in [9.17, 15) is 8.42 Å². The Bertz CT molecular complexity index is 1510. The number of benzene rings is 4. The second-order valence-corrected chi connectivity index (χ2v) is 9.19. The van der Waals surface area contributed by atoms with Crippen LogP contribution in [0.5, 0.6) is 0 Å². The minimum absolute atomic E-state index is 0.177. The van der Waals surface area contributed by atoms with Gasteiger partial charge in [0.05, 0.1) is 16.1 Å². The molecule has 4 aromatic carbocycles. The molecule has 0 bridgehead atoms. The van der Waals surface area contributed by atoms with Crippen LogP contribution in [-0.4, -0.2) is 13.4 Å². The van der Waals surface area contributed by atoms with E-state index in [4.69, 9.17) is 4.98 Å². The van der Waals surface area contributed by atoms with Gasteiger partial charge in [-0.1, -0.05) is 84.9 Å². The summed E-state index contributed by atoms with van der Waals surface area (Å²) in [4.78, 5) is 4.91. The van der Waals surface area contributed by atoms with Crippen LogP contribution >= 0.6 is 0 Å². The molecule has 33 heavy (non-hydrogen) atoms. The lowest BCUT2D eigenvalue weighted by atomic mass is 10.0. The summed E-state index contributed by atoms with van der Waals surface area (Å²) in [6, 6.07) is 35.5. The zero-order valence-corrected chi connectivity index (χ0v) is 18.5. The number of pyridine rings is 1. The Hall–Kier alpha value is -4.16. The first kappa shape index (κ1) is 20.7. The molecule has 0 unspecified atom stereocenters. The van der Waals surface area contributed by atoms with Gasteiger partial charge < -0.3 is 5.32 Å². The Kier molecular flexibility index (Phi) is 5.50. The lowest BCUT2D eigenvalue weighted by Gasteiger charge is -2.20. The van der Waals surface area contributed by atoms with Crippen LogP contribution in [0, 0.1) is 0 Å². The zero-order valence-electron chi connectivity index (χ0n) is 17.6. The maximum absolute atomic E-state index is 13.2. The van der Waals surface area contributed by atoms with Crippen LogP contribution in [-0.2, 0) is 10.0 Å². The average Bonchev–Trinajstić information content (AvgIpc) is 2.86. The third-order valence-electron chi connectivity index (χ3n) is 5.28. The van der Waals surface area contributed by atoms with E-state index in [0.29, 0.717) is 11.1 Å². The molecule has 0 aliphatic carbocycles. The van der Waals surface area contributed by atoms with Crippen molar-refractivity contribution in [1.82, 2.24) is 4.98 Å². The van der Waals surface area contributed by atoms with Crippen LogP contribution < -0.4 is 10.0 Å². The average molecular weight is 452 g/mol. The van der Waals surface area contributed by atoms with E-state index in [1.165, 1.54) is 0 Å². The number of nitrogens with one attached hydrogen (secondary N) is 2. The van der Waals surface area contributed by atoms with Gasteiger partial charge in [-0.15, -0.1) is 0 Å². The molecule has 2 N–H and O–H groups in total. The predicted octanol–water partition coefficient (Wildman–Crippen LogP) is 6.45. The number of sulfonamides is 1. The quantitative estimate of drug-likeness (QED) is 0.311. The molecule has 1 heterocycles. The van der Waals surface area contributed by atoms with E-state index in [0.717, 1.165) is 22.3 Å². The standard InChI is InChI=1S/C27H21N3O2S/c31-33(32,22-16-8-3-9-17-22)30-27-25(20-12-4-1-5-13-20)26(28-21-14-6-2-7-15-21)23-18-10-11-19-24(23)29-27/h1-19H,(H2,28,29,30). The molecular formula is C27H21N3O2S. The van der Waals surface area contributed by atoms with E-state index in [1.54, 1.807) is 30.3 Å². The van der Waals surface area contributed by atoms with E-state index in [1.807, 2.05) is 84.9 Å². The van der Waals surface area contributed by atoms with Gasteiger partial charge in [0, 0.05) is 16.6 Å². The van der Waals surface area contributed by atoms with Gasteiger partial charge in [-0.3, -0.25) is 4.72 Å². The second kappa shape index (κ2) is 8.76. The molecule has 0 radical (unpaired) electrons. The summed E-state index contributed by atoms with van der Waals surface area (Å²) in [6.45, 7) is 0. The SMILES string of the molecule is O=S(=O)(Nc1nc2ccccc2c(Nc2ccccc2)c1-c1ccccc1)c1ccccc1. The molecule has 0 saturated heterocycles. The first-order valence-corrected chi connectivity index (χ1v) is 12.0. The fourth-order valence-corrected chi connectivity index (χ4v) is 4.79. The molecule has 5 rings (SSSR count). The summed E-state index contributed by atoms with van der Waals surface area (Å²) in [5, 5.41) is 4.40. The van der Waals surface area contributed by atoms with Crippen LogP contribution in [0.15, 0.2) is 120 Å². The molecule has 5 aromatic rings. The zero-order chi connectivity index (χ0) is 22.7. The second-order valence-electron chi connectivity index (χ2n) is 7.50. The fourth-order valence-electron chi connectivity index (χ4n) is 3.75. The molecule has 162 valence electrons. The number of aromatic nitrogens is 1. The monoisotopic (exact) mass is 451 g/mol. The summed E-state index contributed by atoms with van der Waals surface area (Å²) in [5.74, 6) is 0.266. The lowest BCUT2D eigenvalue weighted by Crippen LogP contribution is -2.15. The highest BCUT2D eigenvalue weighted by molar-refractivity contribution is 7.92. The minimum Gasteiger partial charge on any atom is -0.354 e. The molecule has 0 spiro atoms. The first-order valence-electron chi connectivity index (χ1n) is 10.5. The largest absolute Gasteiger partial charge is 0.354 e. The third kappa shape index (κ3) is 4.29. The maximum atomic E-state index is 13.2. The topological polar surface area (TPSA) is 71.1 Å². The van der Waals surface area contributed by atoms with E-state index in [-0.39, 0.29) is 10.7 Å². The highest BCUT2D eigenvalue weighted by Gasteiger charge is 2.22. The number of rotatable bonds is 6. The molecule has 0 aliphatic rings. The Morgan fingerprint density at radius 3 is 1.91 bits per heavy atom. The maximum Gasteiger partial charge on any atom is 0.263 e. The van der Waals surface area contributed by atoms with Crippen molar-refractivity contribution in [3.63, 3.8) is 0 Å². The van der Waals surface area contributed by atoms with Crippen LogP contribution in [0.3, 0.4) is 0 Å². The van der Waals surface area contributed by atoms with E-state index >= 15 is 0 Å². The first-order chi connectivity index (χ1) is 16.1. The normalized spacial score (nSPS) is 11.3. The van der Waals surface area contributed by atoms with Crippen molar-refractivity contribution < 1.29 is 8.42 Å². The van der Waals surface area contributed by atoms with Gasteiger partial charge in [-0.25, -0.2) is 13.4 Å². The molecule has 0 saturated carbocycles. The molecule has 0 aliphatic heterocycles. The molecule has 5 nitrogen and oxygen atoms in total. The summed E-state index contributed by atoms with van der Waals surface area (Å²) in [5.41, 5.74) is 3.88. The summed E-state index contributed by atoms with van der Waals surface area (Å²) >= 11 is 0. The predicted molar refractivity (Wildman–Crippen MR) is 134 cm³/mol. The third-order valence-corrected chi connectivity index (χ3v) is 6.64. The van der Waals surface area contributed by atoms with Crippen molar-refractivity contribution >= 4 is 38.1 Å². The van der Waals surface area contributed by atoms with Crippen LogP contribution in [0.4, 0.5) is 17.2 Å². The van der Waals surface area contributed by atoms with Gasteiger partial charge >= 0.3 is 0 Å². The lowest BCUT2D eigenvalue weighted by molar-refractivity contribution is 0.601. The Morgan fingerprint density at radius 2 is 1.21 bits per heavy atom. The molecule has 0 amide bonds. The fraction of sp³-hybridized carbons (Fsp3) is 0. The summed E-state index contributed by atoms with van der Waals surface area (Å²) in [7, 11) is -3.84. The van der Waals surface area contributed by atoms with E-state index in [2.05, 4.69) is 10.0 Å². The van der Waals surface area contributed by atoms with Crippen molar-refractivity contribution in [1.29, 1.82) is 0 Å². The Balaban J connectivity index is 1.76. The number of hydrogen-bond donors (Lipinski definition) is 2. The van der Waals surface area contributed by atoms with Gasteiger partial charge in [0.2, 0.25) is 0 Å². The van der Waals surface area contributed by atoms with Crippen molar-refractivity contribution in [3.8, 4) is 11.1 Å². The number of nitrogens with zero attached hydrogens (tertiary/aromatic N) is 1. The van der Waals surface area contributed by atoms with Gasteiger partial charge in [0.25, 0.3) is 10.0 Å².